The third-order valence-electron chi connectivity index (χ3n) is 4.82. The molecule has 1 aliphatic carbocycles. The number of carbonyl (C=O) groups is 1. The Morgan fingerprint density at radius 3 is 2.52 bits per heavy atom. The molecule has 1 aliphatic heterocycles. The number of hydrogen-bond acceptors (Lipinski definition) is 2. The van der Waals surface area contributed by atoms with Crippen molar-refractivity contribution in [2.24, 2.45) is 0 Å². The topological polar surface area (TPSA) is 44.4 Å². The predicted molar refractivity (Wildman–Crippen MR) is 93.0 cm³/mol. The molecule has 1 saturated heterocycles. The molecule has 0 unspecified atom stereocenters. The first-order chi connectivity index (χ1) is 11.3. The van der Waals surface area contributed by atoms with Crippen LogP contribution in [0.4, 0.5) is 4.79 Å². The highest BCUT2D eigenvalue weighted by atomic mass is 16.2. The van der Waals surface area contributed by atoms with Crippen LogP contribution >= 0.6 is 0 Å². The number of hydrogen-bond donors (Lipinski definition) is 2. The molecule has 0 atom stereocenters. The van der Waals surface area contributed by atoms with Crippen LogP contribution in [0.3, 0.4) is 0 Å². The van der Waals surface area contributed by atoms with Gasteiger partial charge in [0.05, 0.1) is 0 Å². The van der Waals surface area contributed by atoms with Crippen LogP contribution in [0.2, 0.25) is 0 Å². The molecule has 1 saturated carbocycles. The minimum Gasteiger partial charge on any atom is -0.335 e. The van der Waals surface area contributed by atoms with Gasteiger partial charge in [-0.15, -0.1) is 0 Å². The second kappa shape index (κ2) is 8.16. The first-order valence-electron chi connectivity index (χ1n) is 8.81. The molecule has 0 bridgehead atoms. The van der Waals surface area contributed by atoms with Gasteiger partial charge >= 0.3 is 6.03 Å². The summed E-state index contributed by atoms with van der Waals surface area (Å²) < 4.78 is 0. The Bertz CT molecular complexity index is 525. The third-order valence-corrected chi connectivity index (χ3v) is 4.82. The van der Waals surface area contributed by atoms with Crippen molar-refractivity contribution >= 4 is 6.03 Å². The SMILES string of the molecule is O=C(NC=C1CCCC1)NC1CCN(Cc2ccccc2)CC1. The number of amides is 2. The Morgan fingerprint density at radius 2 is 1.83 bits per heavy atom. The van der Waals surface area contributed by atoms with Crippen molar-refractivity contribution in [2.75, 3.05) is 13.1 Å². The van der Waals surface area contributed by atoms with Gasteiger partial charge in [0, 0.05) is 31.9 Å². The summed E-state index contributed by atoms with van der Waals surface area (Å²) in [5, 5.41) is 6.00. The molecule has 124 valence electrons. The molecule has 0 aromatic heterocycles. The van der Waals surface area contributed by atoms with Crippen LogP contribution in [0, 0.1) is 0 Å². The Hall–Kier alpha value is -1.81. The van der Waals surface area contributed by atoms with Crippen LogP contribution in [0.5, 0.6) is 0 Å². The van der Waals surface area contributed by atoms with Gasteiger partial charge in [0.25, 0.3) is 0 Å². The monoisotopic (exact) mass is 313 g/mol. The average molecular weight is 313 g/mol. The van der Waals surface area contributed by atoms with Crippen LogP contribution in [-0.4, -0.2) is 30.1 Å². The summed E-state index contributed by atoms with van der Waals surface area (Å²) in [5.74, 6) is 0. The Morgan fingerprint density at radius 1 is 1.13 bits per heavy atom. The number of likely N-dealkylation sites (tertiary alicyclic amines) is 1. The molecule has 0 spiro atoms. The summed E-state index contributed by atoms with van der Waals surface area (Å²) in [4.78, 5) is 14.4. The van der Waals surface area contributed by atoms with E-state index < -0.39 is 0 Å². The van der Waals surface area contributed by atoms with E-state index in [2.05, 4.69) is 45.9 Å². The summed E-state index contributed by atoms with van der Waals surface area (Å²) in [7, 11) is 0. The molecule has 1 heterocycles. The Labute approximate surface area is 138 Å². The lowest BCUT2D eigenvalue weighted by Crippen LogP contribution is -2.46. The predicted octanol–water partition coefficient (Wildman–Crippen LogP) is 3.41. The first kappa shape index (κ1) is 16.1. The zero-order valence-electron chi connectivity index (χ0n) is 13.8. The maximum atomic E-state index is 12.0. The van der Waals surface area contributed by atoms with E-state index in [9.17, 15) is 4.79 Å². The molecule has 4 heteroatoms. The lowest BCUT2D eigenvalue weighted by atomic mass is 10.0. The number of nitrogens with one attached hydrogen (secondary N) is 2. The van der Waals surface area contributed by atoms with Crippen molar-refractivity contribution in [3.05, 3.63) is 47.7 Å². The fraction of sp³-hybridized carbons (Fsp3) is 0.526. The first-order valence-corrected chi connectivity index (χ1v) is 8.81. The standard InChI is InChI=1S/C19H27N3O/c23-19(20-14-16-6-4-5-7-16)21-18-10-12-22(13-11-18)15-17-8-2-1-3-9-17/h1-3,8-9,14,18H,4-7,10-13,15H2,(H2,20,21,23). The maximum absolute atomic E-state index is 12.0. The van der Waals surface area contributed by atoms with Crippen molar-refractivity contribution in [1.29, 1.82) is 0 Å². The molecule has 2 aliphatic rings. The number of allylic oxidation sites excluding steroid dienone is 1. The Balaban J connectivity index is 1.37. The summed E-state index contributed by atoms with van der Waals surface area (Å²) in [6.07, 6.45) is 8.75. The molecular weight excluding hydrogens is 286 g/mol. The summed E-state index contributed by atoms with van der Waals surface area (Å²) >= 11 is 0. The minimum atomic E-state index is -0.0501. The molecule has 23 heavy (non-hydrogen) atoms. The normalized spacial score (nSPS) is 19.6. The van der Waals surface area contributed by atoms with Crippen LogP contribution in [0.25, 0.3) is 0 Å². The summed E-state index contributed by atoms with van der Waals surface area (Å²) in [5.41, 5.74) is 2.73. The van der Waals surface area contributed by atoms with Crippen molar-refractivity contribution < 1.29 is 4.79 Å². The zero-order chi connectivity index (χ0) is 15.9. The molecule has 3 rings (SSSR count). The summed E-state index contributed by atoms with van der Waals surface area (Å²) in [6.45, 7) is 3.09. The van der Waals surface area contributed by atoms with Crippen molar-refractivity contribution in [3.63, 3.8) is 0 Å². The van der Waals surface area contributed by atoms with Crippen LogP contribution in [0.15, 0.2) is 42.1 Å². The quantitative estimate of drug-likeness (QED) is 0.894. The molecule has 0 radical (unpaired) electrons. The van der Waals surface area contributed by atoms with E-state index in [0.717, 1.165) is 45.3 Å². The van der Waals surface area contributed by atoms with E-state index in [1.54, 1.807) is 0 Å². The number of nitrogens with zero attached hydrogens (tertiary/aromatic N) is 1. The molecule has 2 amide bonds. The second-order valence-electron chi connectivity index (χ2n) is 6.66. The number of urea groups is 1. The molecular formula is C19H27N3O. The van der Waals surface area contributed by atoms with E-state index in [1.165, 1.54) is 24.0 Å². The van der Waals surface area contributed by atoms with Gasteiger partial charge in [0.2, 0.25) is 0 Å². The van der Waals surface area contributed by atoms with Gasteiger partial charge in [0.15, 0.2) is 0 Å². The molecule has 2 N–H and O–H groups in total. The number of rotatable bonds is 4. The highest BCUT2D eigenvalue weighted by molar-refractivity contribution is 5.75. The van der Waals surface area contributed by atoms with E-state index in [0.29, 0.717) is 6.04 Å². The van der Waals surface area contributed by atoms with Crippen molar-refractivity contribution in [3.8, 4) is 0 Å². The van der Waals surface area contributed by atoms with Gasteiger partial charge < -0.3 is 10.6 Å². The highest BCUT2D eigenvalue weighted by Gasteiger charge is 2.20. The lowest BCUT2D eigenvalue weighted by molar-refractivity contribution is 0.187. The molecule has 4 nitrogen and oxygen atoms in total. The van der Waals surface area contributed by atoms with E-state index in [4.69, 9.17) is 0 Å². The molecule has 1 aromatic carbocycles. The Kier molecular flexibility index (Phi) is 5.70. The van der Waals surface area contributed by atoms with E-state index in [1.807, 2.05) is 6.20 Å². The average Bonchev–Trinajstić information content (AvgIpc) is 3.09. The van der Waals surface area contributed by atoms with Crippen LogP contribution < -0.4 is 10.6 Å². The largest absolute Gasteiger partial charge is 0.335 e. The van der Waals surface area contributed by atoms with Gasteiger partial charge in [-0.05, 0) is 44.1 Å². The van der Waals surface area contributed by atoms with Crippen molar-refractivity contribution in [2.45, 2.75) is 51.1 Å². The fourth-order valence-electron chi connectivity index (χ4n) is 3.45. The fourth-order valence-corrected chi connectivity index (χ4v) is 3.45. The van der Waals surface area contributed by atoms with Gasteiger partial charge in [-0.3, -0.25) is 4.90 Å². The van der Waals surface area contributed by atoms with Gasteiger partial charge in [-0.2, -0.15) is 0 Å². The zero-order valence-corrected chi connectivity index (χ0v) is 13.8. The number of piperidine rings is 1. The van der Waals surface area contributed by atoms with Gasteiger partial charge in [0.1, 0.15) is 0 Å². The third kappa shape index (κ3) is 5.10. The molecule has 1 aromatic rings. The maximum Gasteiger partial charge on any atom is 0.318 e. The highest BCUT2D eigenvalue weighted by Crippen LogP contribution is 2.22. The molecule has 2 fully saturated rings. The smallest absolute Gasteiger partial charge is 0.318 e. The minimum absolute atomic E-state index is 0.0501. The second-order valence-corrected chi connectivity index (χ2v) is 6.66. The van der Waals surface area contributed by atoms with E-state index in [-0.39, 0.29) is 6.03 Å². The van der Waals surface area contributed by atoms with Gasteiger partial charge in [-0.1, -0.05) is 35.9 Å². The van der Waals surface area contributed by atoms with Crippen molar-refractivity contribution in [1.82, 2.24) is 15.5 Å². The summed E-state index contributed by atoms with van der Waals surface area (Å²) in [6, 6.07) is 10.8. The van der Waals surface area contributed by atoms with Crippen LogP contribution in [0.1, 0.15) is 44.1 Å². The number of carbonyl (C=O) groups excluding carboxylic acids is 1. The lowest BCUT2D eigenvalue weighted by Gasteiger charge is -2.32. The number of benzene rings is 1. The van der Waals surface area contributed by atoms with Gasteiger partial charge in [-0.25, -0.2) is 4.79 Å². The van der Waals surface area contributed by atoms with E-state index >= 15 is 0 Å². The van der Waals surface area contributed by atoms with Crippen LogP contribution in [-0.2, 0) is 6.54 Å².